The van der Waals surface area contributed by atoms with Gasteiger partial charge in [-0.25, -0.2) is 0 Å². The van der Waals surface area contributed by atoms with Gasteiger partial charge >= 0.3 is 0 Å². The fourth-order valence-corrected chi connectivity index (χ4v) is 4.84. The second kappa shape index (κ2) is 5.34. The number of fused-ring (bicyclic) bond motifs is 6. The highest BCUT2D eigenvalue weighted by Crippen LogP contribution is 2.50. The predicted molar refractivity (Wildman–Crippen MR) is 115 cm³/mol. The number of H-pyrrole nitrogens is 1. The standard InChI is InChI=1S/C26H19NO/c1-26(28)22-11-4-2-7-18(22)21-10-6-9-17(25(21)26)16-13-14-20-19-8-3-5-12-23(19)27-24(20)15-16/h2-15,27-28H,1H3. The molecule has 0 fully saturated rings. The minimum absolute atomic E-state index is 0.976. The first-order chi connectivity index (χ1) is 13.6. The topological polar surface area (TPSA) is 36.0 Å². The summed E-state index contributed by atoms with van der Waals surface area (Å²) in [6.45, 7) is 1.91. The highest BCUT2D eigenvalue weighted by atomic mass is 16.3. The molecular weight excluding hydrogens is 342 g/mol. The van der Waals surface area contributed by atoms with Crippen molar-refractivity contribution in [1.82, 2.24) is 4.98 Å². The van der Waals surface area contributed by atoms with Crippen molar-refractivity contribution >= 4 is 21.8 Å². The molecule has 1 aliphatic carbocycles. The second-order valence-electron chi connectivity index (χ2n) is 7.78. The molecule has 6 rings (SSSR count). The Balaban J connectivity index is 1.62. The monoisotopic (exact) mass is 361 g/mol. The van der Waals surface area contributed by atoms with Gasteiger partial charge in [0, 0.05) is 27.4 Å². The molecule has 0 saturated heterocycles. The Labute approximate surface area is 163 Å². The molecule has 0 amide bonds. The average molecular weight is 361 g/mol. The lowest BCUT2D eigenvalue weighted by atomic mass is 9.87. The molecule has 1 aromatic heterocycles. The first-order valence-electron chi connectivity index (χ1n) is 9.61. The van der Waals surface area contributed by atoms with Crippen LogP contribution in [0.1, 0.15) is 18.1 Å². The zero-order valence-electron chi connectivity index (χ0n) is 15.5. The molecule has 134 valence electrons. The van der Waals surface area contributed by atoms with E-state index >= 15 is 0 Å². The van der Waals surface area contributed by atoms with Crippen molar-refractivity contribution in [3.8, 4) is 22.3 Å². The average Bonchev–Trinajstić information content (AvgIpc) is 3.21. The smallest absolute Gasteiger partial charge is 0.114 e. The fraction of sp³-hybridized carbons (Fsp3) is 0.0769. The summed E-state index contributed by atoms with van der Waals surface area (Å²) in [6.07, 6.45) is 0. The van der Waals surface area contributed by atoms with Crippen LogP contribution < -0.4 is 0 Å². The first kappa shape index (κ1) is 15.7. The molecule has 2 heteroatoms. The van der Waals surface area contributed by atoms with Crippen molar-refractivity contribution in [2.45, 2.75) is 12.5 Å². The molecule has 2 N–H and O–H groups in total. The Kier molecular flexibility index (Phi) is 2.99. The normalized spacial score (nSPS) is 17.8. The summed E-state index contributed by atoms with van der Waals surface area (Å²) in [6, 6.07) is 29.4. The van der Waals surface area contributed by atoms with Gasteiger partial charge < -0.3 is 10.1 Å². The van der Waals surface area contributed by atoms with Crippen LogP contribution in [0, 0.1) is 0 Å². The van der Waals surface area contributed by atoms with Crippen LogP contribution in [0.3, 0.4) is 0 Å². The number of rotatable bonds is 1. The molecule has 0 spiro atoms. The molecule has 2 nitrogen and oxygen atoms in total. The first-order valence-corrected chi connectivity index (χ1v) is 9.61. The lowest BCUT2D eigenvalue weighted by Gasteiger charge is -2.23. The fourth-order valence-electron chi connectivity index (χ4n) is 4.84. The van der Waals surface area contributed by atoms with Gasteiger partial charge in [0.25, 0.3) is 0 Å². The molecule has 1 aliphatic rings. The minimum Gasteiger partial charge on any atom is -0.381 e. The van der Waals surface area contributed by atoms with Gasteiger partial charge in [-0.1, -0.05) is 72.8 Å². The summed E-state index contributed by atoms with van der Waals surface area (Å²) < 4.78 is 0. The van der Waals surface area contributed by atoms with Crippen LogP contribution in [0.5, 0.6) is 0 Å². The molecule has 0 aliphatic heterocycles. The number of para-hydroxylation sites is 1. The summed E-state index contributed by atoms with van der Waals surface area (Å²) in [4.78, 5) is 3.53. The number of nitrogens with one attached hydrogen (secondary N) is 1. The van der Waals surface area contributed by atoms with E-state index in [1.54, 1.807) is 0 Å². The number of aromatic nitrogens is 1. The van der Waals surface area contributed by atoms with E-state index in [4.69, 9.17) is 0 Å². The van der Waals surface area contributed by atoms with Gasteiger partial charge in [0.2, 0.25) is 0 Å². The summed E-state index contributed by atoms with van der Waals surface area (Å²) >= 11 is 0. The highest BCUT2D eigenvalue weighted by Gasteiger charge is 2.39. The molecule has 0 saturated carbocycles. The molecule has 4 aromatic carbocycles. The maximum absolute atomic E-state index is 11.5. The number of hydrogen-bond acceptors (Lipinski definition) is 1. The quantitative estimate of drug-likeness (QED) is 0.365. The van der Waals surface area contributed by atoms with Crippen LogP contribution in [0.15, 0.2) is 84.9 Å². The summed E-state index contributed by atoms with van der Waals surface area (Å²) in [7, 11) is 0. The Morgan fingerprint density at radius 2 is 1.39 bits per heavy atom. The van der Waals surface area contributed by atoms with Crippen molar-refractivity contribution < 1.29 is 5.11 Å². The second-order valence-corrected chi connectivity index (χ2v) is 7.78. The molecule has 0 radical (unpaired) electrons. The Morgan fingerprint density at radius 1 is 0.679 bits per heavy atom. The van der Waals surface area contributed by atoms with E-state index in [-0.39, 0.29) is 0 Å². The van der Waals surface area contributed by atoms with Gasteiger partial charge in [0.15, 0.2) is 0 Å². The third-order valence-electron chi connectivity index (χ3n) is 6.11. The lowest BCUT2D eigenvalue weighted by molar-refractivity contribution is 0.108. The van der Waals surface area contributed by atoms with Crippen molar-refractivity contribution in [1.29, 1.82) is 0 Å². The van der Waals surface area contributed by atoms with Gasteiger partial charge in [0.05, 0.1) is 0 Å². The molecular formula is C26H19NO. The number of aromatic amines is 1. The van der Waals surface area contributed by atoms with E-state index in [9.17, 15) is 5.11 Å². The van der Waals surface area contributed by atoms with E-state index < -0.39 is 5.60 Å². The van der Waals surface area contributed by atoms with Crippen molar-refractivity contribution in [2.24, 2.45) is 0 Å². The number of benzene rings is 4. The Morgan fingerprint density at radius 3 is 2.32 bits per heavy atom. The molecule has 1 heterocycles. The molecule has 5 aromatic rings. The van der Waals surface area contributed by atoms with Crippen LogP contribution in [0.25, 0.3) is 44.1 Å². The van der Waals surface area contributed by atoms with Crippen LogP contribution >= 0.6 is 0 Å². The summed E-state index contributed by atoms with van der Waals surface area (Å²) in [5.74, 6) is 0. The van der Waals surface area contributed by atoms with Crippen LogP contribution in [0.2, 0.25) is 0 Å². The maximum Gasteiger partial charge on any atom is 0.114 e. The number of aliphatic hydroxyl groups is 1. The molecule has 1 atom stereocenters. The van der Waals surface area contributed by atoms with Crippen molar-refractivity contribution in [2.75, 3.05) is 0 Å². The van der Waals surface area contributed by atoms with E-state index in [1.165, 1.54) is 10.8 Å². The van der Waals surface area contributed by atoms with Crippen molar-refractivity contribution in [3.05, 3.63) is 96.1 Å². The van der Waals surface area contributed by atoms with Crippen LogP contribution in [-0.4, -0.2) is 10.1 Å². The zero-order valence-corrected chi connectivity index (χ0v) is 15.5. The van der Waals surface area contributed by atoms with E-state index in [0.29, 0.717) is 0 Å². The van der Waals surface area contributed by atoms with E-state index in [2.05, 4.69) is 71.7 Å². The van der Waals surface area contributed by atoms with Gasteiger partial charge in [-0.05, 0) is 46.9 Å². The summed E-state index contributed by atoms with van der Waals surface area (Å²) in [5.41, 5.74) is 7.67. The Hall–Kier alpha value is -3.36. The third-order valence-corrected chi connectivity index (χ3v) is 6.11. The number of hydrogen-bond donors (Lipinski definition) is 2. The Bertz CT molecular complexity index is 1390. The third kappa shape index (κ3) is 1.96. The van der Waals surface area contributed by atoms with Crippen molar-refractivity contribution in [3.63, 3.8) is 0 Å². The van der Waals surface area contributed by atoms with Gasteiger partial charge in [-0.2, -0.15) is 0 Å². The highest BCUT2D eigenvalue weighted by molar-refractivity contribution is 6.08. The molecule has 28 heavy (non-hydrogen) atoms. The zero-order chi connectivity index (χ0) is 18.9. The largest absolute Gasteiger partial charge is 0.381 e. The predicted octanol–water partition coefficient (Wildman–Crippen LogP) is 6.22. The maximum atomic E-state index is 11.5. The van der Waals surface area contributed by atoms with Crippen LogP contribution in [0.4, 0.5) is 0 Å². The molecule has 0 bridgehead atoms. The van der Waals surface area contributed by atoms with E-state index in [1.807, 2.05) is 25.1 Å². The minimum atomic E-state index is -1.00. The SMILES string of the molecule is CC1(O)c2ccccc2-c2cccc(-c3ccc4c(c3)[nH]c3ccccc34)c21. The van der Waals surface area contributed by atoms with Crippen LogP contribution in [-0.2, 0) is 5.60 Å². The van der Waals surface area contributed by atoms with E-state index in [0.717, 1.165) is 44.4 Å². The van der Waals surface area contributed by atoms with Gasteiger partial charge in [-0.3, -0.25) is 0 Å². The van der Waals surface area contributed by atoms with Gasteiger partial charge in [0.1, 0.15) is 5.60 Å². The summed E-state index contributed by atoms with van der Waals surface area (Å²) in [5, 5.41) is 13.9. The lowest BCUT2D eigenvalue weighted by Crippen LogP contribution is -2.20. The van der Waals surface area contributed by atoms with Gasteiger partial charge in [-0.15, -0.1) is 0 Å². The molecule has 1 unspecified atom stereocenters.